The Morgan fingerprint density at radius 2 is 1.92 bits per heavy atom. The number of aryl methyl sites for hydroxylation is 2. The van der Waals surface area contributed by atoms with Crippen molar-refractivity contribution >= 4 is 17.5 Å². The maximum atomic E-state index is 12.0. The molecule has 0 bridgehead atoms. The highest BCUT2D eigenvalue weighted by Gasteiger charge is 2.12. The van der Waals surface area contributed by atoms with Gasteiger partial charge < -0.3 is 9.84 Å². The highest BCUT2D eigenvalue weighted by Crippen LogP contribution is 2.20. The molecule has 3 aromatic rings. The number of benzene rings is 2. The van der Waals surface area contributed by atoms with Crippen LogP contribution in [-0.2, 0) is 17.8 Å². The maximum absolute atomic E-state index is 12.0. The van der Waals surface area contributed by atoms with Gasteiger partial charge >= 0.3 is 0 Å². The lowest BCUT2D eigenvalue weighted by Crippen LogP contribution is -2.23. The Labute approximate surface area is 151 Å². The number of amides is 1. The molecule has 0 saturated heterocycles. The fourth-order valence-electron chi connectivity index (χ4n) is 2.43. The number of nitrogens with zero attached hydrogens (tertiary/aromatic N) is 2. The number of aromatic nitrogens is 2. The van der Waals surface area contributed by atoms with E-state index in [-0.39, 0.29) is 12.3 Å². The topological polar surface area (TPSA) is 68.0 Å². The minimum absolute atomic E-state index is 0.0874. The van der Waals surface area contributed by atoms with E-state index in [1.807, 2.05) is 49.4 Å². The van der Waals surface area contributed by atoms with Gasteiger partial charge in [0.1, 0.15) is 0 Å². The standard InChI is InChI=1S/C19H18ClN3O2/c1-13-6-2-4-8-15(13)19-22-18(25-23-19)11-10-17(24)21-12-14-7-3-5-9-16(14)20/h2-9H,10-12H2,1H3,(H,21,24). The molecule has 1 N–H and O–H groups in total. The molecule has 0 aliphatic rings. The number of halogens is 1. The maximum Gasteiger partial charge on any atom is 0.227 e. The third-order valence-corrected chi connectivity index (χ3v) is 4.22. The van der Waals surface area contributed by atoms with Crippen LogP contribution in [0.5, 0.6) is 0 Å². The van der Waals surface area contributed by atoms with E-state index in [0.717, 1.165) is 16.7 Å². The van der Waals surface area contributed by atoms with Crippen molar-refractivity contribution in [2.45, 2.75) is 26.3 Å². The summed E-state index contributed by atoms with van der Waals surface area (Å²) in [7, 11) is 0. The predicted molar refractivity (Wildman–Crippen MR) is 96.1 cm³/mol. The predicted octanol–water partition coefficient (Wildman–Crippen LogP) is 3.95. The number of hydrogen-bond acceptors (Lipinski definition) is 4. The van der Waals surface area contributed by atoms with E-state index < -0.39 is 0 Å². The van der Waals surface area contributed by atoms with Crippen LogP contribution in [-0.4, -0.2) is 16.0 Å². The summed E-state index contributed by atoms with van der Waals surface area (Å²) in [4.78, 5) is 16.4. The Bertz CT molecular complexity index is 876. The van der Waals surface area contributed by atoms with Gasteiger partial charge in [-0.1, -0.05) is 59.2 Å². The van der Waals surface area contributed by atoms with Gasteiger partial charge in [-0.3, -0.25) is 4.79 Å². The van der Waals surface area contributed by atoms with E-state index >= 15 is 0 Å². The first-order chi connectivity index (χ1) is 12.1. The number of rotatable bonds is 6. The van der Waals surface area contributed by atoms with Crippen LogP contribution in [0.15, 0.2) is 53.1 Å². The number of hydrogen-bond donors (Lipinski definition) is 1. The van der Waals surface area contributed by atoms with Crippen LogP contribution >= 0.6 is 11.6 Å². The first-order valence-corrected chi connectivity index (χ1v) is 8.40. The monoisotopic (exact) mass is 355 g/mol. The van der Waals surface area contributed by atoms with Crippen LogP contribution in [0, 0.1) is 6.92 Å². The van der Waals surface area contributed by atoms with Crippen LogP contribution < -0.4 is 5.32 Å². The molecule has 0 radical (unpaired) electrons. The van der Waals surface area contributed by atoms with Gasteiger partial charge in [-0.05, 0) is 24.1 Å². The highest BCUT2D eigenvalue weighted by molar-refractivity contribution is 6.31. The second kappa shape index (κ2) is 7.94. The average molecular weight is 356 g/mol. The minimum Gasteiger partial charge on any atom is -0.352 e. The van der Waals surface area contributed by atoms with Crippen molar-refractivity contribution in [2.24, 2.45) is 0 Å². The molecule has 1 heterocycles. The first kappa shape index (κ1) is 17.2. The zero-order valence-corrected chi connectivity index (χ0v) is 14.6. The van der Waals surface area contributed by atoms with Gasteiger partial charge in [0.2, 0.25) is 17.6 Å². The molecular weight excluding hydrogens is 338 g/mol. The third kappa shape index (κ3) is 4.45. The molecule has 2 aromatic carbocycles. The van der Waals surface area contributed by atoms with Crippen molar-refractivity contribution in [1.82, 2.24) is 15.5 Å². The molecule has 25 heavy (non-hydrogen) atoms. The van der Waals surface area contributed by atoms with E-state index in [1.165, 1.54) is 0 Å². The van der Waals surface area contributed by atoms with Crippen molar-refractivity contribution in [3.8, 4) is 11.4 Å². The van der Waals surface area contributed by atoms with Crippen molar-refractivity contribution < 1.29 is 9.32 Å². The Morgan fingerprint density at radius 1 is 1.16 bits per heavy atom. The molecular formula is C19H18ClN3O2. The molecule has 1 amide bonds. The van der Waals surface area contributed by atoms with E-state index in [0.29, 0.717) is 29.7 Å². The molecule has 0 atom stereocenters. The molecule has 0 saturated carbocycles. The molecule has 0 unspecified atom stereocenters. The zero-order valence-electron chi connectivity index (χ0n) is 13.8. The van der Waals surface area contributed by atoms with Gasteiger partial charge in [0.15, 0.2) is 0 Å². The second-order valence-electron chi connectivity index (χ2n) is 5.69. The van der Waals surface area contributed by atoms with Crippen molar-refractivity contribution in [1.29, 1.82) is 0 Å². The average Bonchev–Trinajstić information content (AvgIpc) is 3.08. The lowest BCUT2D eigenvalue weighted by molar-refractivity contribution is -0.121. The van der Waals surface area contributed by atoms with E-state index in [2.05, 4.69) is 15.5 Å². The molecule has 6 heteroatoms. The SMILES string of the molecule is Cc1ccccc1-c1noc(CCC(=O)NCc2ccccc2Cl)n1. The molecule has 1 aromatic heterocycles. The fourth-order valence-corrected chi connectivity index (χ4v) is 2.64. The Morgan fingerprint density at radius 3 is 2.72 bits per heavy atom. The van der Waals surface area contributed by atoms with E-state index in [9.17, 15) is 4.79 Å². The first-order valence-electron chi connectivity index (χ1n) is 8.02. The highest BCUT2D eigenvalue weighted by atomic mass is 35.5. The van der Waals surface area contributed by atoms with Crippen LogP contribution in [0.4, 0.5) is 0 Å². The van der Waals surface area contributed by atoms with Crippen LogP contribution in [0.3, 0.4) is 0 Å². The third-order valence-electron chi connectivity index (χ3n) is 3.85. The molecule has 0 fully saturated rings. The molecule has 0 spiro atoms. The summed E-state index contributed by atoms with van der Waals surface area (Å²) in [5.41, 5.74) is 2.89. The lowest BCUT2D eigenvalue weighted by atomic mass is 10.1. The van der Waals surface area contributed by atoms with E-state index in [1.54, 1.807) is 6.07 Å². The van der Waals surface area contributed by atoms with Crippen molar-refractivity contribution in [3.63, 3.8) is 0 Å². The number of nitrogens with one attached hydrogen (secondary N) is 1. The largest absolute Gasteiger partial charge is 0.352 e. The molecule has 0 aliphatic carbocycles. The van der Waals surface area contributed by atoms with Gasteiger partial charge in [0, 0.05) is 30.0 Å². The molecule has 3 rings (SSSR count). The summed E-state index contributed by atoms with van der Waals surface area (Å²) in [6, 6.07) is 15.3. The summed E-state index contributed by atoms with van der Waals surface area (Å²) in [6.07, 6.45) is 0.674. The Hall–Kier alpha value is -2.66. The van der Waals surface area contributed by atoms with Crippen LogP contribution in [0.25, 0.3) is 11.4 Å². The summed E-state index contributed by atoms with van der Waals surface area (Å²) in [5, 5.41) is 7.48. The van der Waals surface area contributed by atoms with Gasteiger partial charge in [0.05, 0.1) is 0 Å². The number of carbonyl (C=O) groups excluding carboxylic acids is 1. The quantitative estimate of drug-likeness (QED) is 0.727. The van der Waals surface area contributed by atoms with Crippen LogP contribution in [0.2, 0.25) is 5.02 Å². The zero-order chi connectivity index (χ0) is 17.6. The lowest BCUT2D eigenvalue weighted by Gasteiger charge is -2.05. The summed E-state index contributed by atoms with van der Waals surface area (Å²) < 4.78 is 5.24. The normalized spacial score (nSPS) is 10.6. The molecule has 5 nitrogen and oxygen atoms in total. The van der Waals surface area contributed by atoms with Gasteiger partial charge in [-0.15, -0.1) is 0 Å². The van der Waals surface area contributed by atoms with Gasteiger partial charge in [-0.25, -0.2) is 0 Å². The van der Waals surface area contributed by atoms with Gasteiger partial charge in [-0.2, -0.15) is 4.98 Å². The Kier molecular flexibility index (Phi) is 5.46. The van der Waals surface area contributed by atoms with Crippen molar-refractivity contribution in [2.75, 3.05) is 0 Å². The Balaban J connectivity index is 1.53. The van der Waals surface area contributed by atoms with Crippen LogP contribution in [0.1, 0.15) is 23.4 Å². The van der Waals surface area contributed by atoms with Gasteiger partial charge in [0.25, 0.3) is 0 Å². The molecule has 0 aliphatic heterocycles. The second-order valence-corrected chi connectivity index (χ2v) is 6.10. The smallest absolute Gasteiger partial charge is 0.227 e. The van der Waals surface area contributed by atoms with Crippen molar-refractivity contribution in [3.05, 3.63) is 70.6 Å². The fraction of sp³-hybridized carbons (Fsp3) is 0.211. The summed E-state index contributed by atoms with van der Waals surface area (Å²) in [5.74, 6) is 0.909. The van der Waals surface area contributed by atoms with E-state index in [4.69, 9.17) is 16.1 Å². The number of carbonyl (C=O) groups is 1. The minimum atomic E-state index is -0.0874. The molecule has 128 valence electrons. The summed E-state index contributed by atoms with van der Waals surface area (Å²) >= 11 is 6.07. The summed E-state index contributed by atoms with van der Waals surface area (Å²) in [6.45, 7) is 2.39.